The van der Waals surface area contributed by atoms with Crippen molar-refractivity contribution in [3.63, 3.8) is 0 Å². The fourth-order valence-corrected chi connectivity index (χ4v) is 2.45. The number of halogens is 4. The number of aromatic hydroxyl groups is 1. The third kappa shape index (κ3) is 3.09. The van der Waals surface area contributed by atoms with Gasteiger partial charge in [-0.25, -0.2) is 4.79 Å². The zero-order valence-corrected chi connectivity index (χ0v) is 12.8. The number of alkyl halides is 3. The van der Waals surface area contributed by atoms with E-state index in [9.17, 15) is 23.1 Å². The quantitative estimate of drug-likeness (QED) is 0.779. The summed E-state index contributed by atoms with van der Waals surface area (Å²) in [5.74, 6) is -0.881. The minimum atomic E-state index is -4.43. The van der Waals surface area contributed by atoms with E-state index in [1.54, 1.807) is 0 Å². The summed E-state index contributed by atoms with van der Waals surface area (Å²) in [6.45, 7) is 0. The number of rotatable bonds is 2. The Hall–Kier alpha value is -2.02. The van der Waals surface area contributed by atoms with Crippen LogP contribution in [0.1, 0.15) is 15.9 Å². The summed E-state index contributed by atoms with van der Waals surface area (Å²) in [4.78, 5) is 11.9. The first-order valence-corrected chi connectivity index (χ1v) is 6.82. The van der Waals surface area contributed by atoms with Gasteiger partial charge >= 0.3 is 12.1 Å². The van der Waals surface area contributed by atoms with Gasteiger partial charge in [-0.2, -0.15) is 13.2 Å². The second-order valence-corrected chi connectivity index (χ2v) is 5.18. The Morgan fingerprint density at radius 2 is 1.73 bits per heavy atom. The summed E-state index contributed by atoms with van der Waals surface area (Å²) >= 11 is 3.09. The van der Waals surface area contributed by atoms with E-state index in [-0.39, 0.29) is 15.8 Å². The molecule has 0 aliphatic rings. The molecule has 22 heavy (non-hydrogen) atoms. The fourth-order valence-electron chi connectivity index (χ4n) is 1.95. The molecule has 0 spiro atoms. The van der Waals surface area contributed by atoms with Crippen molar-refractivity contribution in [3.8, 4) is 16.9 Å². The zero-order valence-electron chi connectivity index (χ0n) is 11.2. The van der Waals surface area contributed by atoms with Gasteiger partial charge in [-0.15, -0.1) is 0 Å². The second kappa shape index (κ2) is 6.00. The van der Waals surface area contributed by atoms with E-state index in [4.69, 9.17) is 0 Å². The Morgan fingerprint density at radius 1 is 1.14 bits per heavy atom. The van der Waals surface area contributed by atoms with Crippen molar-refractivity contribution >= 4 is 21.9 Å². The Balaban J connectivity index is 2.58. The number of benzene rings is 2. The smallest absolute Gasteiger partial charge is 0.416 e. The van der Waals surface area contributed by atoms with Crippen molar-refractivity contribution in [3.05, 3.63) is 52.0 Å². The molecule has 0 atom stereocenters. The van der Waals surface area contributed by atoms with Gasteiger partial charge in [-0.3, -0.25) is 0 Å². The first kappa shape index (κ1) is 16.4. The number of methoxy groups -OCH3 is 1. The van der Waals surface area contributed by atoms with Crippen LogP contribution in [0.15, 0.2) is 40.9 Å². The molecule has 1 N–H and O–H groups in total. The Labute approximate surface area is 132 Å². The van der Waals surface area contributed by atoms with Gasteiger partial charge in [-0.05, 0) is 51.3 Å². The summed E-state index contributed by atoms with van der Waals surface area (Å²) in [7, 11) is 1.18. The number of phenolic OH excluding ortho intramolecular Hbond substituents is 1. The van der Waals surface area contributed by atoms with Crippen LogP contribution in [0.5, 0.6) is 5.75 Å². The molecule has 0 amide bonds. The monoisotopic (exact) mass is 374 g/mol. The van der Waals surface area contributed by atoms with Gasteiger partial charge < -0.3 is 9.84 Å². The molecule has 0 bridgehead atoms. The standard InChI is InChI=1S/C15H10BrF3O3/c1-22-14(21)12-10(6-7-11(20)13(12)16)8-2-4-9(5-3-8)15(17,18)19/h2-7,20H,1H3. The average Bonchev–Trinajstić information content (AvgIpc) is 2.48. The largest absolute Gasteiger partial charge is 0.507 e. The Morgan fingerprint density at radius 3 is 2.23 bits per heavy atom. The van der Waals surface area contributed by atoms with Crippen molar-refractivity contribution in [1.82, 2.24) is 0 Å². The predicted molar refractivity (Wildman–Crippen MR) is 77.6 cm³/mol. The maximum atomic E-state index is 12.6. The molecule has 0 saturated carbocycles. The van der Waals surface area contributed by atoms with E-state index in [2.05, 4.69) is 20.7 Å². The van der Waals surface area contributed by atoms with Gasteiger partial charge in [0.2, 0.25) is 0 Å². The minimum Gasteiger partial charge on any atom is -0.507 e. The van der Waals surface area contributed by atoms with Crippen molar-refractivity contribution in [2.45, 2.75) is 6.18 Å². The first-order valence-electron chi connectivity index (χ1n) is 6.03. The highest BCUT2D eigenvalue weighted by molar-refractivity contribution is 9.10. The van der Waals surface area contributed by atoms with Crippen LogP contribution in [-0.2, 0) is 10.9 Å². The molecule has 0 aliphatic carbocycles. The van der Waals surface area contributed by atoms with Crippen LogP contribution >= 0.6 is 15.9 Å². The molecule has 7 heteroatoms. The summed E-state index contributed by atoms with van der Waals surface area (Å²) in [6.07, 6.45) is -4.43. The van der Waals surface area contributed by atoms with E-state index >= 15 is 0 Å². The number of esters is 1. The van der Waals surface area contributed by atoms with Gasteiger partial charge in [0.1, 0.15) is 5.75 Å². The lowest BCUT2D eigenvalue weighted by Crippen LogP contribution is -2.06. The maximum Gasteiger partial charge on any atom is 0.416 e. The number of hydrogen-bond donors (Lipinski definition) is 1. The normalized spacial score (nSPS) is 11.3. The summed E-state index contributed by atoms with van der Waals surface area (Å²) in [6, 6.07) is 7.15. The third-order valence-electron chi connectivity index (χ3n) is 3.03. The van der Waals surface area contributed by atoms with Gasteiger partial charge in [0, 0.05) is 0 Å². The highest BCUT2D eigenvalue weighted by atomic mass is 79.9. The number of ether oxygens (including phenoxy) is 1. The lowest BCUT2D eigenvalue weighted by atomic mass is 9.98. The fraction of sp³-hybridized carbons (Fsp3) is 0.133. The summed E-state index contributed by atoms with van der Waals surface area (Å²) < 4.78 is 42.5. The molecule has 2 rings (SSSR count). The minimum absolute atomic E-state index is 0.0438. The van der Waals surface area contributed by atoms with Gasteiger partial charge in [0.25, 0.3) is 0 Å². The number of hydrogen-bond acceptors (Lipinski definition) is 3. The molecule has 0 heterocycles. The zero-order chi connectivity index (χ0) is 16.5. The molecule has 3 nitrogen and oxygen atoms in total. The Kier molecular flexibility index (Phi) is 4.46. The maximum absolute atomic E-state index is 12.6. The molecular weight excluding hydrogens is 365 g/mol. The first-order chi connectivity index (χ1) is 10.3. The van der Waals surface area contributed by atoms with Crippen molar-refractivity contribution in [2.24, 2.45) is 0 Å². The third-order valence-corrected chi connectivity index (χ3v) is 3.84. The molecule has 0 aliphatic heterocycles. The topological polar surface area (TPSA) is 46.5 Å². The van der Waals surface area contributed by atoms with Crippen LogP contribution in [0.25, 0.3) is 11.1 Å². The molecule has 0 unspecified atom stereocenters. The lowest BCUT2D eigenvalue weighted by Gasteiger charge is -2.12. The van der Waals surface area contributed by atoms with Gasteiger partial charge in [-0.1, -0.05) is 12.1 Å². The van der Waals surface area contributed by atoms with Crippen molar-refractivity contribution < 1.29 is 27.8 Å². The highest BCUT2D eigenvalue weighted by Gasteiger charge is 2.30. The van der Waals surface area contributed by atoms with Crippen LogP contribution in [0.2, 0.25) is 0 Å². The molecule has 0 fully saturated rings. The molecule has 0 radical (unpaired) electrons. The van der Waals surface area contributed by atoms with Gasteiger partial charge in [0.15, 0.2) is 0 Å². The van der Waals surface area contributed by atoms with E-state index in [0.717, 1.165) is 12.1 Å². The molecule has 0 aromatic heterocycles. The van der Waals surface area contributed by atoms with E-state index in [1.165, 1.54) is 31.4 Å². The number of carbonyl (C=O) groups excluding carboxylic acids is 1. The van der Waals surface area contributed by atoms with Crippen LogP contribution in [0.3, 0.4) is 0 Å². The molecule has 0 saturated heterocycles. The second-order valence-electron chi connectivity index (χ2n) is 4.39. The molecular formula is C15H10BrF3O3. The highest BCUT2D eigenvalue weighted by Crippen LogP contribution is 2.37. The lowest BCUT2D eigenvalue weighted by molar-refractivity contribution is -0.137. The van der Waals surface area contributed by atoms with E-state index in [0.29, 0.717) is 11.1 Å². The van der Waals surface area contributed by atoms with Gasteiger partial charge in [0.05, 0.1) is 22.7 Å². The molecule has 2 aromatic rings. The van der Waals surface area contributed by atoms with Crippen molar-refractivity contribution in [1.29, 1.82) is 0 Å². The van der Waals surface area contributed by atoms with E-state index < -0.39 is 17.7 Å². The predicted octanol–water partition coefficient (Wildman–Crippen LogP) is 4.63. The van der Waals surface area contributed by atoms with Crippen LogP contribution in [-0.4, -0.2) is 18.2 Å². The number of phenols is 1. The SMILES string of the molecule is COC(=O)c1c(-c2ccc(C(F)(F)F)cc2)ccc(O)c1Br. The number of carbonyl (C=O) groups is 1. The summed E-state index contributed by atoms with van der Waals surface area (Å²) in [5.41, 5.74) is 0.00956. The van der Waals surface area contributed by atoms with Crippen LogP contribution < -0.4 is 0 Å². The molecule has 116 valence electrons. The van der Waals surface area contributed by atoms with Crippen molar-refractivity contribution in [2.75, 3.05) is 7.11 Å². The van der Waals surface area contributed by atoms with E-state index in [1.807, 2.05) is 0 Å². The Bertz CT molecular complexity index is 709. The van der Waals surface area contributed by atoms with Crippen LogP contribution in [0.4, 0.5) is 13.2 Å². The van der Waals surface area contributed by atoms with Crippen LogP contribution in [0, 0.1) is 0 Å². The average molecular weight is 375 g/mol. The summed E-state index contributed by atoms with van der Waals surface area (Å²) in [5, 5.41) is 9.66. The molecule has 2 aromatic carbocycles.